The summed E-state index contributed by atoms with van der Waals surface area (Å²) in [5.41, 5.74) is 1.68. The van der Waals surface area contributed by atoms with Crippen LogP contribution in [-0.2, 0) is 9.63 Å². The van der Waals surface area contributed by atoms with Crippen LogP contribution in [0.5, 0.6) is 5.75 Å². The maximum absolute atomic E-state index is 11.0. The molecule has 0 aromatic heterocycles. The first-order valence-electron chi connectivity index (χ1n) is 6.99. The summed E-state index contributed by atoms with van der Waals surface area (Å²) in [5, 5.41) is 13.2. The van der Waals surface area contributed by atoms with Crippen LogP contribution in [0.2, 0.25) is 0 Å². The molecule has 21 heavy (non-hydrogen) atoms. The molecule has 0 amide bonds. The van der Waals surface area contributed by atoms with Crippen LogP contribution in [0.3, 0.4) is 0 Å². The summed E-state index contributed by atoms with van der Waals surface area (Å²) in [6.07, 6.45) is 2.44. The highest BCUT2D eigenvalue weighted by molar-refractivity contribution is 9.10. The zero-order chi connectivity index (χ0) is 15.0. The SMILES string of the molecule is C[C@H](Oc1ccc(Br)cc1C1=NOC2CCCC12)C(=O)O. The molecule has 1 fully saturated rings. The minimum absolute atomic E-state index is 0.156. The number of carboxylic acid groups (broad SMARTS) is 1. The minimum Gasteiger partial charge on any atom is -0.479 e. The molecule has 0 saturated heterocycles. The number of carbonyl (C=O) groups is 1. The number of rotatable bonds is 4. The third kappa shape index (κ3) is 2.77. The van der Waals surface area contributed by atoms with E-state index in [1.54, 1.807) is 6.07 Å². The predicted molar refractivity (Wildman–Crippen MR) is 80.6 cm³/mol. The van der Waals surface area contributed by atoms with E-state index >= 15 is 0 Å². The van der Waals surface area contributed by atoms with Crippen molar-refractivity contribution in [1.82, 2.24) is 0 Å². The van der Waals surface area contributed by atoms with Crippen molar-refractivity contribution in [2.45, 2.75) is 38.4 Å². The van der Waals surface area contributed by atoms with Gasteiger partial charge in [0.05, 0.1) is 5.71 Å². The van der Waals surface area contributed by atoms with Crippen LogP contribution in [0.1, 0.15) is 31.7 Å². The number of aliphatic carboxylic acids is 1. The first-order chi connectivity index (χ1) is 10.1. The molecule has 6 heteroatoms. The van der Waals surface area contributed by atoms with Gasteiger partial charge in [-0.2, -0.15) is 0 Å². The summed E-state index contributed by atoms with van der Waals surface area (Å²) in [4.78, 5) is 16.5. The van der Waals surface area contributed by atoms with Gasteiger partial charge in [-0.05, 0) is 44.4 Å². The van der Waals surface area contributed by atoms with Gasteiger partial charge >= 0.3 is 5.97 Å². The molecule has 3 atom stereocenters. The van der Waals surface area contributed by atoms with Gasteiger partial charge in [0, 0.05) is 16.0 Å². The second kappa shape index (κ2) is 5.67. The Labute approximate surface area is 131 Å². The van der Waals surface area contributed by atoms with Crippen molar-refractivity contribution in [3.05, 3.63) is 28.2 Å². The van der Waals surface area contributed by atoms with Gasteiger partial charge in [-0.3, -0.25) is 0 Å². The quantitative estimate of drug-likeness (QED) is 0.902. The molecule has 5 nitrogen and oxygen atoms in total. The van der Waals surface area contributed by atoms with Crippen LogP contribution >= 0.6 is 15.9 Å². The van der Waals surface area contributed by atoms with Crippen molar-refractivity contribution in [3.63, 3.8) is 0 Å². The summed E-state index contributed by atoms with van der Waals surface area (Å²) in [6, 6.07) is 5.51. The summed E-state index contributed by atoms with van der Waals surface area (Å²) < 4.78 is 6.47. The van der Waals surface area contributed by atoms with E-state index in [4.69, 9.17) is 14.7 Å². The largest absolute Gasteiger partial charge is 0.479 e. The van der Waals surface area contributed by atoms with Crippen molar-refractivity contribution in [1.29, 1.82) is 0 Å². The van der Waals surface area contributed by atoms with Crippen LogP contribution in [0.25, 0.3) is 0 Å². The smallest absolute Gasteiger partial charge is 0.344 e. The average Bonchev–Trinajstić information content (AvgIpc) is 3.03. The number of nitrogens with zero attached hydrogens (tertiary/aromatic N) is 1. The van der Waals surface area contributed by atoms with Gasteiger partial charge in [0.15, 0.2) is 6.10 Å². The first-order valence-corrected chi connectivity index (χ1v) is 7.78. The second-order valence-corrected chi connectivity index (χ2v) is 6.31. The van der Waals surface area contributed by atoms with Gasteiger partial charge in [-0.25, -0.2) is 4.79 Å². The van der Waals surface area contributed by atoms with E-state index in [0.29, 0.717) is 5.75 Å². The predicted octanol–water partition coefficient (Wildman–Crippen LogP) is 3.20. The fraction of sp³-hybridized carbons (Fsp3) is 0.467. The molecule has 1 aliphatic carbocycles. The third-order valence-corrected chi connectivity index (χ3v) is 4.45. The van der Waals surface area contributed by atoms with E-state index in [1.165, 1.54) is 6.92 Å². The Morgan fingerprint density at radius 1 is 1.52 bits per heavy atom. The molecule has 3 rings (SSSR count). The van der Waals surface area contributed by atoms with Crippen LogP contribution in [-0.4, -0.2) is 29.0 Å². The fourth-order valence-corrected chi connectivity index (χ4v) is 3.21. The Bertz CT molecular complexity index is 601. The second-order valence-electron chi connectivity index (χ2n) is 5.40. The van der Waals surface area contributed by atoms with Crippen molar-refractivity contribution in [2.24, 2.45) is 11.1 Å². The van der Waals surface area contributed by atoms with Crippen molar-refractivity contribution in [3.8, 4) is 5.75 Å². The molecule has 0 radical (unpaired) electrons. The molecule has 1 N–H and O–H groups in total. The molecule has 1 heterocycles. The molecule has 2 aliphatic rings. The summed E-state index contributed by atoms with van der Waals surface area (Å²) in [6.45, 7) is 1.51. The van der Waals surface area contributed by atoms with E-state index in [1.807, 2.05) is 12.1 Å². The molecular weight excluding hydrogens is 338 g/mol. The summed E-state index contributed by atoms with van der Waals surface area (Å²) in [5.74, 6) is -0.183. The number of carboxylic acids is 1. The van der Waals surface area contributed by atoms with Crippen LogP contribution in [0, 0.1) is 5.92 Å². The molecule has 1 saturated carbocycles. The molecule has 0 bridgehead atoms. The molecule has 0 spiro atoms. The van der Waals surface area contributed by atoms with Gasteiger partial charge in [0.25, 0.3) is 0 Å². The van der Waals surface area contributed by atoms with Gasteiger partial charge in [-0.1, -0.05) is 21.1 Å². The zero-order valence-corrected chi connectivity index (χ0v) is 13.2. The zero-order valence-electron chi connectivity index (χ0n) is 11.6. The van der Waals surface area contributed by atoms with Gasteiger partial charge in [0.2, 0.25) is 0 Å². The van der Waals surface area contributed by atoms with Crippen LogP contribution < -0.4 is 4.74 Å². The highest BCUT2D eigenvalue weighted by Crippen LogP contribution is 2.39. The minimum atomic E-state index is -0.993. The van der Waals surface area contributed by atoms with Crippen molar-refractivity contribution < 1.29 is 19.5 Å². The molecule has 112 valence electrons. The Kier molecular flexibility index (Phi) is 3.89. The maximum atomic E-state index is 11.0. The number of ether oxygens (including phenoxy) is 1. The lowest BCUT2D eigenvalue weighted by Crippen LogP contribution is -2.25. The van der Waals surface area contributed by atoms with Crippen molar-refractivity contribution in [2.75, 3.05) is 0 Å². The van der Waals surface area contributed by atoms with Crippen LogP contribution in [0.15, 0.2) is 27.8 Å². The maximum Gasteiger partial charge on any atom is 0.344 e. The van der Waals surface area contributed by atoms with E-state index in [0.717, 1.165) is 35.0 Å². The number of oxime groups is 1. The highest BCUT2D eigenvalue weighted by atomic mass is 79.9. The Balaban J connectivity index is 1.93. The number of hydrogen-bond donors (Lipinski definition) is 1. The standard InChI is InChI=1S/C15H16BrNO4/c1-8(15(18)19)20-12-6-5-9(16)7-11(12)14-10-3-2-4-13(10)21-17-14/h5-8,10,13H,2-4H2,1H3,(H,18,19)/t8-,10?,13?/m0/s1. The first kappa shape index (κ1) is 14.4. The van der Waals surface area contributed by atoms with Gasteiger partial charge in [0.1, 0.15) is 11.9 Å². The summed E-state index contributed by atoms with van der Waals surface area (Å²) >= 11 is 3.44. The van der Waals surface area contributed by atoms with Crippen molar-refractivity contribution >= 4 is 27.6 Å². The van der Waals surface area contributed by atoms with Gasteiger partial charge < -0.3 is 14.7 Å². The third-order valence-electron chi connectivity index (χ3n) is 3.96. The molecule has 1 aromatic carbocycles. The van der Waals surface area contributed by atoms with E-state index < -0.39 is 12.1 Å². The highest BCUT2D eigenvalue weighted by Gasteiger charge is 2.39. The lowest BCUT2D eigenvalue weighted by molar-refractivity contribution is -0.144. The van der Waals surface area contributed by atoms with E-state index in [9.17, 15) is 4.79 Å². The van der Waals surface area contributed by atoms with E-state index in [2.05, 4.69) is 21.1 Å². The Morgan fingerprint density at radius 2 is 2.33 bits per heavy atom. The van der Waals surface area contributed by atoms with Crippen LogP contribution in [0.4, 0.5) is 0 Å². The topological polar surface area (TPSA) is 68.1 Å². The number of halogens is 1. The lowest BCUT2D eigenvalue weighted by atomic mass is 9.94. The van der Waals surface area contributed by atoms with Gasteiger partial charge in [-0.15, -0.1) is 0 Å². The summed E-state index contributed by atoms with van der Waals surface area (Å²) in [7, 11) is 0. The lowest BCUT2D eigenvalue weighted by Gasteiger charge is -2.16. The Morgan fingerprint density at radius 3 is 3.10 bits per heavy atom. The normalized spacial score (nSPS) is 25.0. The number of fused-ring (bicyclic) bond motifs is 1. The molecule has 2 unspecified atom stereocenters. The number of benzene rings is 1. The van der Waals surface area contributed by atoms with E-state index in [-0.39, 0.29) is 12.0 Å². The fourth-order valence-electron chi connectivity index (χ4n) is 2.85. The average molecular weight is 354 g/mol. The number of hydrogen-bond acceptors (Lipinski definition) is 4. The molecule has 1 aromatic rings. The molecule has 1 aliphatic heterocycles. The monoisotopic (exact) mass is 353 g/mol. The Hall–Kier alpha value is -1.56. The molecular formula is C15H16BrNO4.